The van der Waals surface area contributed by atoms with E-state index in [0.717, 1.165) is 5.56 Å². The number of nitrogens with one attached hydrogen (secondary N) is 1. The Morgan fingerprint density at radius 1 is 1.17 bits per heavy atom. The van der Waals surface area contributed by atoms with E-state index in [0.29, 0.717) is 12.1 Å². The standard InChI is InChI=1S/C13H21NO3S/c1-13(2,3)8-9-18(16,17)14-12-6-4-11(10-15)5-7-12/h4-7,14-15H,8-10H2,1-3H3. The molecule has 2 N–H and O–H groups in total. The van der Waals surface area contributed by atoms with Gasteiger partial charge in [0.2, 0.25) is 10.0 Å². The van der Waals surface area contributed by atoms with Crippen molar-refractivity contribution >= 4 is 15.7 Å². The quantitative estimate of drug-likeness (QED) is 0.864. The van der Waals surface area contributed by atoms with E-state index in [1.807, 2.05) is 20.8 Å². The van der Waals surface area contributed by atoms with Crippen LogP contribution in [0.15, 0.2) is 24.3 Å². The molecule has 5 heteroatoms. The Kier molecular flexibility index (Phi) is 4.76. The van der Waals surface area contributed by atoms with Crippen molar-refractivity contribution in [3.8, 4) is 0 Å². The van der Waals surface area contributed by atoms with Crippen LogP contribution in [0.4, 0.5) is 5.69 Å². The maximum absolute atomic E-state index is 11.8. The Bertz CT molecular complexity index is 472. The number of aliphatic hydroxyl groups is 1. The summed E-state index contributed by atoms with van der Waals surface area (Å²) >= 11 is 0. The number of benzene rings is 1. The lowest BCUT2D eigenvalue weighted by Crippen LogP contribution is -2.20. The van der Waals surface area contributed by atoms with Gasteiger partial charge in [0.05, 0.1) is 12.4 Å². The summed E-state index contributed by atoms with van der Waals surface area (Å²) < 4.78 is 26.2. The molecule has 0 aliphatic rings. The molecule has 0 aromatic heterocycles. The van der Waals surface area contributed by atoms with Crippen molar-refractivity contribution in [2.75, 3.05) is 10.5 Å². The van der Waals surface area contributed by atoms with Gasteiger partial charge in [0.15, 0.2) is 0 Å². The molecule has 1 rings (SSSR count). The fourth-order valence-electron chi connectivity index (χ4n) is 1.35. The maximum Gasteiger partial charge on any atom is 0.232 e. The third kappa shape index (κ3) is 5.51. The second-order valence-electron chi connectivity index (χ2n) is 5.59. The zero-order valence-corrected chi connectivity index (χ0v) is 11.9. The molecule has 0 aliphatic heterocycles. The molecule has 102 valence electrons. The van der Waals surface area contributed by atoms with Crippen LogP contribution in [0.5, 0.6) is 0 Å². The summed E-state index contributed by atoms with van der Waals surface area (Å²) in [5.74, 6) is 0.109. The Morgan fingerprint density at radius 2 is 1.72 bits per heavy atom. The highest BCUT2D eigenvalue weighted by Crippen LogP contribution is 2.20. The largest absolute Gasteiger partial charge is 0.392 e. The zero-order chi connectivity index (χ0) is 13.8. The lowest BCUT2D eigenvalue weighted by molar-refractivity contribution is 0.282. The average molecular weight is 271 g/mol. The van der Waals surface area contributed by atoms with Crippen molar-refractivity contribution in [1.82, 2.24) is 0 Å². The van der Waals surface area contributed by atoms with E-state index in [-0.39, 0.29) is 17.8 Å². The number of sulfonamides is 1. The van der Waals surface area contributed by atoms with Gasteiger partial charge in [0.1, 0.15) is 0 Å². The van der Waals surface area contributed by atoms with E-state index in [2.05, 4.69) is 4.72 Å². The lowest BCUT2D eigenvalue weighted by Gasteiger charge is -2.18. The summed E-state index contributed by atoms with van der Waals surface area (Å²) in [6, 6.07) is 6.70. The molecular weight excluding hydrogens is 250 g/mol. The highest BCUT2D eigenvalue weighted by atomic mass is 32.2. The van der Waals surface area contributed by atoms with Crippen LogP contribution in [0.2, 0.25) is 0 Å². The molecule has 0 fully saturated rings. The number of hydrogen-bond acceptors (Lipinski definition) is 3. The van der Waals surface area contributed by atoms with Crippen LogP contribution < -0.4 is 4.72 Å². The van der Waals surface area contributed by atoms with Crippen molar-refractivity contribution in [3.05, 3.63) is 29.8 Å². The highest BCUT2D eigenvalue weighted by molar-refractivity contribution is 7.92. The highest BCUT2D eigenvalue weighted by Gasteiger charge is 2.17. The van der Waals surface area contributed by atoms with Crippen molar-refractivity contribution in [3.63, 3.8) is 0 Å². The Morgan fingerprint density at radius 3 is 2.17 bits per heavy atom. The van der Waals surface area contributed by atoms with Crippen LogP contribution in [0.1, 0.15) is 32.8 Å². The van der Waals surface area contributed by atoms with E-state index >= 15 is 0 Å². The van der Waals surface area contributed by atoms with Gasteiger partial charge in [-0.2, -0.15) is 0 Å². The number of anilines is 1. The smallest absolute Gasteiger partial charge is 0.232 e. The molecule has 0 spiro atoms. The summed E-state index contributed by atoms with van der Waals surface area (Å²) in [6.07, 6.45) is 0.608. The van der Waals surface area contributed by atoms with Crippen LogP contribution in [0.3, 0.4) is 0 Å². The molecule has 0 bridgehead atoms. The molecule has 0 saturated heterocycles. The first kappa shape index (κ1) is 15.0. The predicted octanol–water partition coefficient (Wildman–Crippen LogP) is 2.36. The Balaban J connectivity index is 2.64. The molecule has 1 aromatic rings. The van der Waals surface area contributed by atoms with Crippen molar-refractivity contribution in [2.45, 2.75) is 33.8 Å². The van der Waals surface area contributed by atoms with Crippen LogP contribution in [0.25, 0.3) is 0 Å². The molecule has 0 aliphatic carbocycles. The van der Waals surface area contributed by atoms with Gasteiger partial charge >= 0.3 is 0 Å². The van der Waals surface area contributed by atoms with Gasteiger partial charge in [0.25, 0.3) is 0 Å². The molecule has 18 heavy (non-hydrogen) atoms. The topological polar surface area (TPSA) is 66.4 Å². The van der Waals surface area contributed by atoms with Gasteiger partial charge in [-0.05, 0) is 29.5 Å². The second-order valence-corrected chi connectivity index (χ2v) is 7.43. The molecule has 0 heterocycles. The maximum atomic E-state index is 11.8. The normalized spacial score (nSPS) is 12.4. The third-order valence-corrected chi connectivity index (χ3v) is 3.82. The second kappa shape index (κ2) is 5.71. The monoisotopic (exact) mass is 271 g/mol. The van der Waals surface area contributed by atoms with Gasteiger partial charge in [-0.15, -0.1) is 0 Å². The molecule has 0 saturated carbocycles. The van der Waals surface area contributed by atoms with Crippen molar-refractivity contribution < 1.29 is 13.5 Å². The summed E-state index contributed by atoms with van der Waals surface area (Å²) in [4.78, 5) is 0. The average Bonchev–Trinajstić information content (AvgIpc) is 2.26. The first-order chi connectivity index (χ1) is 8.22. The van der Waals surface area contributed by atoms with Gasteiger partial charge < -0.3 is 5.11 Å². The SMILES string of the molecule is CC(C)(C)CCS(=O)(=O)Nc1ccc(CO)cc1. The van der Waals surface area contributed by atoms with E-state index in [1.165, 1.54) is 0 Å². The van der Waals surface area contributed by atoms with Crippen molar-refractivity contribution in [1.29, 1.82) is 0 Å². The van der Waals surface area contributed by atoms with Crippen molar-refractivity contribution in [2.24, 2.45) is 5.41 Å². The molecule has 0 atom stereocenters. The Labute approximate surface area is 109 Å². The van der Waals surface area contributed by atoms with Gasteiger partial charge in [-0.3, -0.25) is 4.72 Å². The lowest BCUT2D eigenvalue weighted by atomic mass is 9.94. The Hall–Kier alpha value is -1.07. The van der Waals surface area contributed by atoms with Gasteiger partial charge in [-0.1, -0.05) is 32.9 Å². The first-order valence-corrected chi connectivity index (χ1v) is 7.57. The third-order valence-electron chi connectivity index (χ3n) is 2.53. The number of aliphatic hydroxyl groups excluding tert-OH is 1. The van der Waals surface area contributed by atoms with Gasteiger partial charge in [0, 0.05) is 5.69 Å². The molecule has 0 radical (unpaired) electrons. The fraction of sp³-hybridized carbons (Fsp3) is 0.538. The van der Waals surface area contributed by atoms with E-state index in [1.54, 1.807) is 24.3 Å². The predicted molar refractivity (Wildman–Crippen MR) is 73.8 cm³/mol. The minimum absolute atomic E-state index is 0.00447. The van der Waals surface area contributed by atoms with E-state index in [9.17, 15) is 8.42 Å². The number of hydrogen-bond donors (Lipinski definition) is 2. The molecular formula is C13H21NO3S. The fourth-order valence-corrected chi connectivity index (χ4v) is 2.83. The minimum Gasteiger partial charge on any atom is -0.392 e. The molecule has 1 aromatic carbocycles. The zero-order valence-electron chi connectivity index (χ0n) is 11.1. The summed E-state index contributed by atoms with van der Waals surface area (Å²) in [7, 11) is -3.30. The van der Waals surface area contributed by atoms with Crippen LogP contribution in [-0.4, -0.2) is 19.3 Å². The first-order valence-electron chi connectivity index (χ1n) is 5.92. The van der Waals surface area contributed by atoms with E-state index < -0.39 is 10.0 Å². The molecule has 0 unspecified atom stereocenters. The summed E-state index contributed by atoms with van der Waals surface area (Å²) in [5, 5.41) is 8.90. The molecule has 0 amide bonds. The molecule has 4 nitrogen and oxygen atoms in total. The summed E-state index contributed by atoms with van der Waals surface area (Å²) in [5.41, 5.74) is 1.28. The van der Waals surface area contributed by atoms with Crippen LogP contribution in [-0.2, 0) is 16.6 Å². The van der Waals surface area contributed by atoms with Crippen LogP contribution >= 0.6 is 0 Å². The number of rotatable bonds is 5. The minimum atomic E-state index is -3.30. The van der Waals surface area contributed by atoms with Crippen LogP contribution in [0, 0.1) is 5.41 Å². The summed E-state index contributed by atoms with van der Waals surface area (Å²) in [6.45, 7) is 5.99. The van der Waals surface area contributed by atoms with E-state index in [4.69, 9.17) is 5.11 Å². The van der Waals surface area contributed by atoms with Gasteiger partial charge in [-0.25, -0.2) is 8.42 Å².